The van der Waals surface area contributed by atoms with E-state index in [1.165, 1.54) is 64.2 Å². The normalized spacial score (nSPS) is 13.9. The van der Waals surface area contributed by atoms with Crippen molar-refractivity contribution >= 4 is 0 Å². The van der Waals surface area contributed by atoms with Crippen LogP contribution in [0.5, 0.6) is 0 Å². The molecule has 1 unspecified atom stereocenters. The highest BCUT2D eigenvalue weighted by Gasteiger charge is 2.14. The molecular formula is C17H36. The molecule has 1 atom stereocenters. The molecule has 0 aromatic rings. The predicted octanol–water partition coefficient (Wildman–Crippen LogP) is 6.59. The van der Waals surface area contributed by atoms with Gasteiger partial charge in [-0.1, -0.05) is 92.4 Å². The minimum atomic E-state index is 0.513. The zero-order chi connectivity index (χ0) is 13.1. The fourth-order valence-electron chi connectivity index (χ4n) is 2.77. The second-order valence-corrected chi connectivity index (χ2v) is 7.13. The van der Waals surface area contributed by atoms with Crippen LogP contribution in [0.3, 0.4) is 0 Å². The lowest BCUT2D eigenvalue weighted by Crippen LogP contribution is -2.10. The maximum Gasteiger partial charge on any atom is -0.0380 e. The largest absolute Gasteiger partial charge is 0.0654 e. The van der Waals surface area contributed by atoms with E-state index in [2.05, 4.69) is 34.6 Å². The van der Waals surface area contributed by atoms with Gasteiger partial charge in [0.15, 0.2) is 0 Å². The van der Waals surface area contributed by atoms with Crippen LogP contribution in [0.25, 0.3) is 0 Å². The maximum absolute atomic E-state index is 2.42. The molecule has 0 heterocycles. The minimum Gasteiger partial charge on any atom is -0.0654 e. The third kappa shape index (κ3) is 13.9. The van der Waals surface area contributed by atoms with Gasteiger partial charge < -0.3 is 0 Å². The van der Waals surface area contributed by atoms with Crippen molar-refractivity contribution in [3.63, 3.8) is 0 Å². The lowest BCUT2D eigenvalue weighted by molar-refractivity contribution is 0.291. The van der Waals surface area contributed by atoms with Gasteiger partial charge >= 0.3 is 0 Å². The molecule has 0 saturated heterocycles. The highest BCUT2D eigenvalue weighted by atomic mass is 14.2. The summed E-state index contributed by atoms with van der Waals surface area (Å²) >= 11 is 0. The summed E-state index contributed by atoms with van der Waals surface area (Å²) in [4.78, 5) is 0. The van der Waals surface area contributed by atoms with Crippen LogP contribution in [0, 0.1) is 11.3 Å². The summed E-state index contributed by atoms with van der Waals surface area (Å²) in [5.41, 5.74) is 0.513. The standard InChI is InChI=1S/C17H36/c1-6-7-8-9-10-11-12-13-14-16(2)15-17(3,4)5/h16H,6-15H2,1-5H3. The molecular weight excluding hydrogens is 204 g/mol. The Hall–Kier alpha value is 0. The van der Waals surface area contributed by atoms with Crippen molar-refractivity contribution in [2.24, 2.45) is 11.3 Å². The van der Waals surface area contributed by atoms with Crippen LogP contribution in [-0.4, -0.2) is 0 Å². The molecule has 0 aromatic carbocycles. The molecule has 0 radical (unpaired) electrons. The lowest BCUT2D eigenvalue weighted by Gasteiger charge is -2.23. The number of hydrogen-bond acceptors (Lipinski definition) is 0. The predicted molar refractivity (Wildman–Crippen MR) is 80.5 cm³/mol. The summed E-state index contributed by atoms with van der Waals surface area (Å²) in [7, 11) is 0. The van der Waals surface area contributed by atoms with Gasteiger partial charge in [0.1, 0.15) is 0 Å². The van der Waals surface area contributed by atoms with Gasteiger partial charge in [0, 0.05) is 0 Å². The molecule has 0 saturated carbocycles. The van der Waals surface area contributed by atoms with Crippen molar-refractivity contribution in [1.82, 2.24) is 0 Å². The van der Waals surface area contributed by atoms with Gasteiger partial charge in [-0.3, -0.25) is 0 Å². The van der Waals surface area contributed by atoms with Gasteiger partial charge in [-0.15, -0.1) is 0 Å². The average molecular weight is 240 g/mol. The van der Waals surface area contributed by atoms with Crippen LogP contribution < -0.4 is 0 Å². The van der Waals surface area contributed by atoms with E-state index in [4.69, 9.17) is 0 Å². The fraction of sp³-hybridized carbons (Fsp3) is 1.00. The van der Waals surface area contributed by atoms with Crippen LogP contribution in [-0.2, 0) is 0 Å². The quantitative estimate of drug-likeness (QED) is 0.378. The molecule has 0 nitrogen and oxygen atoms in total. The molecule has 17 heavy (non-hydrogen) atoms. The fourth-order valence-corrected chi connectivity index (χ4v) is 2.77. The Bertz CT molecular complexity index is 152. The first kappa shape index (κ1) is 17.0. The van der Waals surface area contributed by atoms with Crippen molar-refractivity contribution in [2.75, 3.05) is 0 Å². The number of rotatable bonds is 10. The summed E-state index contributed by atoms with van der Waals surface area (Å²) < 4.78 is 0. The average Bonchev–Trinajstić information content (AvgIpc) is 2.19. The molecule has 0 aromatic heterocycles. The van der Waals surface area contributed by atoms with E-state index in [1.54, 1.807) is 0 Å². The van der Waals surface area contributed by atoms with Crippen molar-refractivity contribution in [1.29, 1.82) is 0 Å². The Labute approximate surface area is 111 Å². The van der Waals surface area contributed by atoms with E-state index in [-0.39, 0.29) is 0 Å². The number of hydrogen-bond donors (Lipinski definition) is 0. The Balaban J connectivity index is 3.22. The first-order valence-electron chi connectivity index (χ1n) is 7.95. The summed E-state index contributed by atoms with van der Waals surface area (Å²) in [6.07, 6.45) is 14.4. The summed E-state index contributed by atoms with van der Waals surface area (Å²) in [5, 5.41) is 0. The third-order valence-electron chi connectivity index (χ3n) is 3.51. The van der Waals surface area contributed by atoms with Crippen LogP contribution in [0.15, 0.2) is 0 Å². The second kappa shape index (κ2) is 9.97. The molecule has 0 bridgehead atoms. The van der Waals surface area contributed by atoms with Crippen LogP contribution >= 0.6 is 0 Å². The van der Waals surface area contributed by atoms with Gasteiger partial charge in [-0.05, 0) is 17.8 Å². The highest BCUT2D eigenvalue weighted by Crippen LogP contribution is 2.27. The zero-order valence-corrected chi connectivity index (χ0v) is 13.1. The zero-order valence-electron chi connectivity index (χ0n) is 13.1. The smallest absolute Gasteiger partial charge is 0.0380 e. The Morgan fingerprint density at radius 1 is 0.765 bits per heavy atom. The molecule has 0 aliphatic carbocycles. The van der Waals surface area contributed by atoms with Gasteiger partial charge in [0.25, 0.3) is 0 Å². The van der Waals surface area contributed by atoms with E-state index in [0.717, 1.165) is 5.92 Å². The van der Waals surface area contributed by atoms with Gasteiger partial charge in [-0.2, -0.15) is 0 Å². The molecule has 0 fully saturated rings. The SMILES string of the molecule is CCCCCCCCCCC(C)CC(C)(C)C. The van der Waals surface area contributed by atoms with Crippen LogP contribution in [0.4, 0.5) is 0 Å². The molecule has 0 heteroatoms. The van der Waals surface area contributed by atoms with Gasteiger partial charge in [0.2, 0.25) is 0 Å². The van der Waals surface area contributed by atoms with Crippen LogP contribution in [0.1, 0.15) is 98.8 Å². The van der Waals surface area contributed by atoms with Gasteiger partial charge in [0.05, 0.1) is 0 Å². The lowest BCUT2D eigenvalue weighted by atomic mass is 9.83. The summed E-state index contributed by atoms with van der Waals surface area (Å²) in [6.45, 7) is 11.8. The van der Waals surface area contributed by atoms with E-state index in [1.807, 2.05) is 0 Å². The molecule has 104 valence electrons. The van der Waals surface area contributed by atoms with Crippen molar-refractivity contribution < 1.29 is 0 Å². The molecule has 0 N–H and O–H groups in total. The van der Waals surface area contributed by atoms with Crippen molar-refractivity contribution in [2.45, 2.75) is 98.8 Å². The van der Waals surface area contributed by atoms with E-state index < -0.39 is 0 Å². The van der Waals surface area contributed by atoms with E-state index in [9.17, 15) is 0 Å². The monoisotopic (exact) mass is 240 g/mol. The summed E-state index contributed by atoms with van der Waals surface area (Å²) in [5.74, 6) is 0.912. The molecule has 0 aliphatic rings. The molecule has 0 rings (SSSR count). The Kier molecular flexibility index (Phi) is 9.97. The third-order valence-corrected chi connectivity index (χ3v) is 3.51. The number of unbranched alkanes of at least 4 members (excludes halogenated alkanes) is 7. The van der Waals surface area contributed by atoms with Crippen molar-refractivity contribution in [3.05, 3.63) is 0 Å². The highest BCUT2D eigenvalue weighted by molar-refractivity contribution is 4.66. The maximum atomic E-state index is 2.42. The van der Waals surface area contributed by atoms with E-state index in [0.29, 0.717) is 5.41 Å². The van der Waals surface area contributed by atoms with E-state index >= 15 is 0 Å². The second-order valence-electron chi connectivity index (χ2n) is 7.13. The summed E-state index contributed by atoms with van der Waals surface area (Å²) in [6, 6.07) is 0. The van der Waals surface area contributed by atoms with Crippen molar-refractivity contribution in [3.8, 4) is 0 Å². The molecule has 0 aliphatic heterocycles. The molecule has 0 amide bonds. The Morgan fingerprint density at radius 2 is 1.24 bits per heavy atom. The topological polar surface area (TPSA) is 0 Å². The van der Waals surface area contributed by atoms with Crippen LogP contribution in [0.2, 0.25) is 0 Å². The minimum absolute atomic E-state index is 0.513. The first-order chi connectivity index (χ1) is 7.95. The molecule has 0 spiro atoms. The first-order valence-corrected chi connectivity index (χ1v) is 7.95. The Morgan fingerprint density at radius 3 is 1.71 bits per heavy atom. The van der Waals surface area contributed by atoms with Gasteiger partial charge in [-0.25, -0.2) is 0 Å².